The molecule has 5 aromatic rings. The molecule has 5 rings (SSSR count). The molecule has 262 valence electrons. The molecule has 0 saturated heterocycles. The molecule has 6 N–H and O–H groups in total. The fraction of sp³-hybridized carbons (Fsp3) is 0.333. The molecule has 0 fully saturated rings. The molecule has 0 aliphatic rings. The summed E-state index contributed by atoms with van der Waals surface area (Å²) in [5.74, 6) is 1.26. The maximum absolute atomic E-state index is 11.8. The molecular weight excluding hydrogens is 640 g/mol. The van der Waals surface area contributed by atoms with Crippen LogP contribution in [-0.2, 0) is 31.9 Å². The summed E-state index contributed by atoms with van der Waals surface area (Å²) in [6, 6.07) is 19.0. The van der Waals surface area contributed by atoms with Crippen LogP contribution < -0.4 is 21.3 Å². The fourth-order valence-electron chi connectivity index (χ4n) is 5.55. The Balaban J connectivity index is 1.13. The maximum atomic E-state index is 11.8. The maximum Gasteiger partial charge on any atom is 0.407 e. The lowest BCUT2D eigenvalue weighted by molar-refractivity contribution is -0.120. The molecular formula is C36H42N8O6. The van der Waals surface area contributed by atoms with Gasteiger partial charge in [-0.3, -0.25) is 9.59 Å². The van der Waals surface area contributed by atoms with E-state index >= 15 is 0 Å². The minimum atomic E-state index is -0.636. The number of methoxy groups -OCH3 is 2. The van der Waals surface area contributed by atoms with Crippen molar-refractivity contribution in [2.24, 2.45) is 0 Å². The minimum Gasteiger partial charge on any atom is -0.453 e. The van der Waals surface area contributed by atoms with Crippen molar-refractivity contribution >= 4 is 45.8 Å². The average Bonchev–Trinajstić information content (AvgIpc) is 3.78. The Morgan fingerprint density at radius 1 is 0.700 bits per heavy atom. The molecule has 50 heavy (non-hydrogen) atoms. The normalized spacial score (nSPS) is 10.9. The Kier molecular flexibility index (Phi) is 12.4. The van der Waals surface area contributed by atoms with Gasteiger partial charge in [-0.25, -0.2) is 19.6 Å². The summed E-state index contributed by atoms with van der Waals surface area (Å²) in [6.45, 7) is 0.797. The number of aromatic amines is 2. The molecule has 0 atom stereocenters. The van der Waals surface area contributed by atoms with Crippen LogP contribution in [0, 0.1) is 0 Å². The van der Waals surface area contributed by atoms with Crippen LogP contribution in [0.2, 0.25) is 0 Å². The number of carbonyl (C=O) groups excluding carboxylic acids is 4. The molecule has 2 heterocycles. The highest BCUT2D eigenvalue weighted by molar-refractivity contribution is 5.99. The third kappa shape index (κ3) is 9.81. The molecule has 0 radical (unpaired) electrons. The van der Waals surface area contributed by atoms with Crippen molar-refractivity contribution in [1.29, 1.82) is 0 Å². The third-order valence-electron chi connectivity index (χ3n) is 8.14. The summed E-state index contributed by atoms with van der Waals surface area (Å²) in [5.41, 5.74) is 6.08. The second-order valence-electron chi connectivity index (χ2n) is 11.7. The number of hydrogen-bond acceptors (Lipinski definition) is 8. The van der Waals surface area contributed by atoms with Crippen molar-refractivity contribution < 1.29 is 28.7 Å². The number of carbonyl (C=O) groups is 4. The van der Waals surface area contributed by atoms with Crippen LogP contribution in [0.15, 0.2) is 60.8 Å². The second kappa shape index (κ2) is 17.5. The van der Waals surface area contributed by atoms with Crippen LogP contribution in [0.5, 0.6) is 0 Å². The number of rotatable bonds is 16. The van der Waals surface area contributed by atoms with E-state index in [1.807, 2.05) is 12.3 Å². The zero-order valence-corrected chi connectivity index (χ0v) is 28.2. The molecule has 0 bridgehead atoms. The van der Waals surface area contributed by atoms with E-state index < -0.39 is 12.2 Å². The van der Waals surface area contributed by atoms with Gasteiger partial charge in [-0.05, 0) is 65.8 Å². The lowest BCUT2D eigenvalue weighted by atomic mass is 9.96. The Bertz CT molecular complexity index is 1950. The average molecular weight is 683 g/mol. The number of ether oxygens (including phenoxy) is 2. The zero-order valence-electron chi connectivity index (χ0n) is 28.2. The topological polar surface area (TPSA) is 192 Å². The predicted octanol–water partition coefficient (Wildman–Crippen LogP) is 4.36. The molecule has 3 aromatic carbocycles. The predicted molar refractivity (Wildman–Crippen MR) is 189 cm³/mol. The molecule has 14 nitrogen and oxygen atoms in total. The number of aromatic nitrogens is 4. The number of H-pyrrole nitrogens is 2. The Labute approximate surface area is 289 Å². The van der Waals surface area contributed by atoms with Gasteiger partial charge in [-0.2, -0.15) is 0 Å². The Morgan fingerprint density at radius 3 is 2.04 bits per heavy atom. The fourth-order valence-corrected chi connectivity index (χ4v) is 5.55. The number of benzene rings is 3. The van der Waals surface area contributed by atoms with E-state index in [-0.39, 0.29) is 24.9 Å². The van der Waals surface area contributed by atoms with Crippen LogP contribution in [0.25, 0.3) is 44.2 Å². The quantitative estimate of drug-likeness (QED) is 0.0827. The summed E-state index contributed by atoms with van der Waals surface area (Å²) in [5, 5.41) is 12.5. The first kappa shape index (κ1) is 35.4. The first-order valence-corrected chi connectivity index (χ1v) is 16.6. The van der Waals surface area contributed by atoms with Gasteiger partial charge in [0.05, 0.1) is 50.2 Å². The lowest BCUT2D eigenvalue weighted by Crippen LogP contribution is -2.37. The SMILES string of the molecule is COC(=O)NCC(=O)NCCCCc1ncc(-c2ccc3c(-c4ccc5nc(CCCCNC(=O)CNC(=O)OC)[nH]c5c4)cccc3c2)[nH]1. The summed E-state index contributed by atoms with van der Waals surface area (Å²) < 4.78 is 8.91. The summed E-state index contributed by atoms with van der Waals surface area (Å²) in [7, 11) is 2.50. The monoisotopic (exact) mass is 682 g/mol. The Morgan fingerprint density at radius 2 is 1.36 bits per heavy atom. The highest BCUT2D eigenvalue weighted by Crippen LogP contribution is 2.33. The van der Waals surface area contributed by atoms with Crippen molar-refractivity contribution in [2.45, 2.75) is 38.5 Å². The van der Waals surface area contributed by atoms with Crippen molar-refractivity contribution in [3.63, 3.8) is 0 Å². The Hall–Kier alpha value is -5.92. The van der Waals surface area contributed by atoms with E-state index in [1.165, 1.54) is 14.2 Å². The van der Waals surface area contributed by atoms with Crippen LogP contribution in [-0.4, -0.2) is 84.3 Å². The van der Waals surface area contributed by atoms with Gasteiger partial charge in [0.15, 0.2) is 0 Å². The molecule has 0 unspecified atom stereocenters. The summed E-state index contributed by atoms with van der Waals surface area (Å²) in [6.07, 6.45) is 5.34. The number of alkyl carbamates (subject to hydrolysis) is 2. The minimum absolute atomic E-state index is 0.115. The molecule has 2 aromatic heterocycles. The van der Waals surface area contributed by atoms with Gasteiger partial charge in [-0.15, -0.1) is 0 Å². The largest absolute Gasteiger partial charge is 0.453 e. The zero-order chi connectivity index (χ0) is 35.3. The highest BCUT2D eigenvalue weighted by atomic mass is 16.5. The van der Waals surface area contributed by atoms with E-state index in [0.717, 1.165) is 94.4 Å². The van der Waals surface area contributed by atoms with Crippen LogP contribution in [0.3, 0.4) is 0 Å². The van der Waals surface area contributed by atoms with E-state index in [1.54, 1.807) is 0 Å². The van der Waals surface area contributed by atoms with Crippen molar-refractivity contribution in [3.8, 4) is 22.4 Å². The third-order valence-corrected chi connectivity index (χ3v) is 8.14. The smallest absolute Gasteiger partial charge is 0.407 e. The van der Waals surface area contributed by atoms with Crippen molar-refractivity contribution in [2.75, 3.05) is 40.4 Å². The summed E-state index contributed by atoms with van der Waals surface area (Å²) >= 11 is 0. The van der Waals surface area contributed by atoms with Gasteiger partial charge < -0.3 is 40.7 Å². The van der Waals surface area contributed by atoms with Gasteiger partial charge in [0, 0.05) is 31.5 Å². The van der Waals surface area contributed by atoms with Gasteiger partial charge in [0.2, 0.25) is 11.8 Å². The van der Waals surface area contributed by atoms with Crippen molar-refractivity contribution in [3.05, 3.63) is 72.4 Å². The number of unbranched alkanes of at least 4 members (excludes halogenated alkanes) is 2. The van der Waals surface area contributed by atoms with Gasteiger partial charge in [0.1, 0.15) is 11.6 Å². The van der Waals surface area contributed by atoms with E-state index in [9.17, 15) is 19.2 Å². The number of aryl methyl sites for hydroxylation is 2. The molecule has 0 aliphatic carbocycles. The van der Waals surface area contributed by atoms with Gasteiger partial charge >= 0.3 is 12.2 Å². The number of amides is 4. The van der Waals surface area contributed by atoms with E-state index in [0.29, 0.717) is 13.1 Å². The van der Waals surface area contributed by atoms with Crippen LogP contribution >= 0.6 is 0 Å². The standard InChI is InChI=1S/C36H42N8O6/c1-49-35(47)40-21-33(45)37-16-5-3-10-31-39-20-30(44-31)25-12-14-27-23(18-25)8-7-9-26(27)24-13-15-28-29(19-24)43-32(42-28)11-4-6-17-38-34(46)22-41-36(48)50-2/h7-9,12-15,18-20H,3-6,10-11,16-17,21-22H2,1-2H3,(H,37,45)(H,38,46)(H,39,44)(H,40,47)(H,41,48)(H,42,43). The van der Waals surface area contributed by atoms with Crippen molar-refractivity contribution in [1.82, 2.24) is 41.2 Å². The first-order chi connectivity index (χ1) is 24.3. The number of hydrogen-bond donors (Lipinski definition) is 6. The lowest BCUT2D eigenvalue weighted by Gasteiger charge is -2.09. The van der Waals surface area contributed by atoms with Gasteiger partial charge in [-0.1, -0.05) is 36.4 Å². The first-order valence-electron chi connectivity index (χ1n) is 16.6. The molecule has 0 aliphatic heterocycles. The number of nitrogens with one attached hydrogen (secondary N) is 6. The second-order valence-corrected chi connectivity index (χ2v) is 11.7. The molecule has 4 amide bonds. The molecule has 0 saturated carbocycles. The number of imidazole rings is 2. The highest BCUT2D eigenvalue weighted by Gasteiger charge is 2.11. The van der Waals surface area contributed by atoms with Crippen LogP contribution in [0.1, 0.15) is 37.3 Å². The molecule has 14 heteroatoms. The van der Waals surface area contributed by atoms with Gasteiger partial charge in [0.25, 0.3) is 0 Å². The number of fused-ring (bicyclic) bond motifs is 2. The van der Waals surface area contributed by atoms with E-state index in [2.05, 4.69) is 94.2 Å². The van der Waals surface area contributed by atoms with Crippen LogP contribution in [0.4, 0.5) is 9.59 Å². The summed E-state index contributed by atoms with van der Waals surface area (Å²) in [4.78, 5) is 61.9. The molecule has 0 spiro atoms. The van der Waals surface area contributed by atoms with E-state index in [4.69, 9.17) is 4.98 Å². The number of nitrogens with zero attached hydrogens (tertiary/aromatic N) is 2.